The molecule has 1 aromatic carbocycles. The molecule has 0 aliphatic rings. The van der Waals surface area contributed by atoms with Crippen LogP contribution in [-0.2, 0) is 6.18 Å². The number of rotatable bonds is 1. The van der Waals surface area contributed by atoms with Crippen LogP contribution in [0.4, 0.5) is 13.2 Å². The van der Waals surface area contributed by atoms with Crippen molar-refractivity contribution in [2.24, 2.45) is 0 Å². The number of aromatic nitrogens is 2. The number of nitrogens with zero attached hydrogens (tertiary/aromatic N) is 3. The van der Waals surface area contributed by atoms with Crippen LogP contribution in [0.3, 0.4) is 0 Å². The monoisotopic (exact) mass is 287 g/mol. The van der Waals surface area contributed by atoms with Crippen LogP contribution in [-0.4, -0.2) is 9.38 Å². The lowest BCUT2D eigenvalue weighted by atomic mass is 10.1. The number of halogens is 3. The van der Waals surface area contributed by atoms with Crippen LogP contribution in [0.1, 0.15) is 11.3 Å². The van der Waals surface area contributed by atoms with Crippen LogP contribution >= 0.6 is 0 Å². The molecule has 0 saturated carbocycles. The molecule has 6 heteroatoms. The van der Waals surface area contributed by atoms with Gasteiger partial charge in [0.1, 0.15) is 17.4 Å². The fourth-order valence-electron chi connectivity index (χ4n) is 2.12. The van der Waals surface area contributed by atoms with Crippen molar-refractivity contribution in [1.82, 2.24) is 9.38 Å². The molecule has 3 nitrogen and oxygen atoms in total. The maximum Gasteiger partial charge on any atom is 0.417 e. The Hall–Kier alpha value is -2.81. The minimum atomic E-state index is -4.46. The number of imidazole rings is 1. The summed E-state index contributed by atoms with van der Waals surface area (Å²) >= 11 is 0. The fraction of sp³-hybridized carbons (Fsp3) is 0.0667. The van der Waals surface area contributed by atoms with E-state index in [0.717, 1.165) is 12.3 Å². The first-order valence-corrected chi connectivity index (χ1v) is 6.05. The van der Waals surface area contributed by atoms with E-state index >= 15 is 0 Å². The van der Waals surface area contributed by atoms with E-state index in [0.29, 0.717) is 16.9 Å². The first kappa shape index (κ1) is 13.2. The number of hydrogen-bond acceptors (Lipinski definition) is 2. The smallest absolute Gasteiger partial charge is 0.290 e. The highest BCUT2D eigenvalue weighted by Gasteiger charge is 2.31. The van der Waals surface area contributed by atoms with Crippen molar-refractivity contribution in [3.05, 3.63) is 59.9 Å². The van der Waals surface area contributed by atoms with E-state index in [1.807, 2.05) is 12.1 Å². The van der Waals surface area contributed by atoms with E-state index in [1.54, 1.807) is 24.3 Å². The molecule has 0 amide bonds. The standard InChI is InChI=1S/C15H8F3N3/c16-15(17,18)11-6-7-13-20-14(10-4-2-1-3-5-10)12(8-19)21(13)9-11/h1-7,9H. The number of pyridine rings is 1. The van der Waals surface area contributed by atoms with Crippen molar-refractivity contribution in [2.75, 3.05) is 0 Å². The Morgan fingerprint density at radius 2 is 1.76 bits per heavy atom. The van der Waals surface area contributed by atoms with Gasteiger partial charge in [0, 0.05) is 11.8 Å². The first-order chi connectivity index (χ1) is 10.0. The largest absolute Gasteiger partial charge is 0.417 e. The summed E-state index contributed by atoms with van der Waals surface area (Å²) in [6.07, 6.45) is -3.56. The Labute approximate surface area is 117 Å². The minimum Gasteiger partial charge on any atom is -0.290 e. The van der Waals surface area contributed by atoms with E-state index in [9.17, 15) is 18.4 Å². The average Bonchev–Trinajstić information content (AvgIpc) is 2.84. The Morgan fingerprint density at radius 1 is 1.05 bits per heavy atom. The molecular weight excluding hydrogens is 279 g/mol. The number of nitriles is 1. The van der Waals surface area contributed by atoms with E-state index in [4.69, 9.17) is 0 Å². The molecule has 104 valence electrons. The SMILES string of the molecule is N#Cc1c(-c2ccccc2)nc2ccc(C(F)(F)F)cn12. The number of fused-ring (bicyclic) bond motifs is 1. The van der Waals surface area contributed by atoms with E-state index in [2.05, 4.69) is 4.98 Å². The van der Waals surface area contributed by atoms with Gasteiger partial charge in [-0.2, -0.15) is 18.4 Å². The molecular formula is C15H8F3N3. The molecule has 2 heterocycles. The predicted octanol–water partition coefficient (Wildman–Crippen LogP) is 3.89. The van der Waals surface area contributed by atoms with Gasteiger partial charge in [-0.25, -0.2) is 4.98 Å². The van der Waals surface area contributed by atoms with Gasteiger partial charge in [0.25, 0.3) is 0 Å². The Morgan fingerprint density at radius 3 is 2.38 bits per heavy atom. The molecule has 0 bridgehead atoms. The highest BCUT2D eigenvalue weighted by Crippen LogP contribution is 2.31. The summed E-state index contributed by atoms with van der Waals surface area (Å²) in [5, 5.41) is 9.27. The molecule has 3 aromatic rings. The van der Waals surface area contributed by atoms with Crippen molar-refractivity contribution in [3.63, 3.8) is 0 Å². The molecule has 0 atom stereocenters. The van der Waals surface area contributed by atoms with Gasteiger partial charge in [-0.3, -0.25) is 4.40 Å². The molecule has 0 saturated heterocycles. The van der Waals surface area contributed by atoms with Gasteiger partial charge in [-0.1, -0.05) is 30.3 Å². The first-order valence-electron chi connectivity index (χ1n) is 6.05. The third kappa shape index (κ3) is 2.23. The molecule has 0 spiro atoms. The molecule has 0 unspecified atom stereocenters. The van der Waals surface area contributed by atoms with Crippen LogP contribution in [0.5, 0.6) is 0 Å². The highest BCUT2D eigenvalue weighted by molar-refractivity contribution is 5.69. The number of alkyl halides is 3. The van der Waals surface area contributed by atoms with E-state index in [1.165, 1.54) is 10.5 Å². The van der Waals surface area contributed by atoms with Gasteiger partial charge in [0.2, 0.25) is 0 Å². The molecule has 0 N–H and O–H groups in total. The van der Waals surface area contributed by atoms with Crippen LogP contribution in [0.2, 0.25) is 0 Å². The van der Waals surface area contributed by atoms with Gasteiger partial charge in [0.15, 0.2) is 5.69 Å². The molecule has 0 aliphatic carbocycles. The lowest BCUT2D eigenvalue weighted by molar-refractivity contribution is -0.137. The van der Waals surface area contributed by atoms with Gasteiger partial charge < -0.3 is 0 Å². The number of benzene rings is 1. The minimum absolute atomic E-state index is 0.0855. The Kier molecular flexibility index (Phi) is 2.91. The van der Waals surface area contributed by atoms with Crippen LogP contribution in [0.15, 0.2) is 48.7 Å². The van der Waals surface area contributed by atoms with Crippen molar-refractivity contribution < 1.29 is 13.2 Å². The van der Waals surface area contributed by atoms with Crippen molar-refractivity contribution in [3.8, 4) is 17.3 Å². The van der Waals surface area contributed by atoms with Gasteiger partial charge in [-0.05, 0) is 12.1 Å². The topological polar surface area (TPSA) is 41.1 Å². The average molecular weight is 287 g/mol. The second kappa shape index (κ2) is 4.63. The number of hydrogen-bond donors (Lipinski definition) is 0. The third-order valence-corrected chi connectivity index (χ3v) is 3.10. The summed E-state index contributed by atoms with van der Waals surface area (Å²) < 4.78 is 39.5. The Balaban J connectivity index is 2.28. The van der Waals surface area contributed by atoms with Crippen LogP contribution in [0.25, 0.3) is 16.9 Å². The quantitative estimate of drug-likeness (QED) is 0.681. The normalized spacial score (nSPS) is 11.5. The molecule has 2 aromatic heterocycles. The zero-order valence-corrected chi connectivity index (χ0v) is 10.6. The van der Waals surface area contributed by atoms with E-state index in [-0.39, 0.29) is 5.69 Å². The molecule has 0 aliphatic heterocycles. The van der Waals surface area contributed by atoms with Crippen molar-refractivity contribution in [1.29, 1.82) is 5.26 Å². The zero-order chi connectivity index (χ0) is 15.0. The molecule has 3 rings (SSSR count). The van der Waals surface area contributed by atoms with Gasteiger partial charge in [-0.15, -0.1) is 0 Å². The highest BCUT2D eigenvalue weighted by atomic mass is 19.4. The summed E-state index contributed by atoms with van der Waals surface area (Å²) in [5.74, 6) is 0. The molecule has 0 fully saturated rings. The fourth-order valence-corrected chi connectivity index (χ4v) is 2.12. The Bertz CT molecular complexity index is 842. The summed E-state index contributed by atoms with van der Waals surface area (Å²) in [5.41, 5.74) is 0.632. The maximum atomic E-state index is 12.8. The second-order valence-electron chi connectivity index (χ2n) is 4.43. The predicted molar refractivity (Wildman–Crippen MR) is 70.3 cm³/mol. The van der Waals surface area contributed by atoms with Crippen LogP contribution < -0.4 is 0 Å². The van der Waals surface area contributed by atoms with Gasteiger partial charge >= 0.3 is 6.18 Å². The lowest BCUT2D eigenvalue weighted by Crippen LogP contribution is -2.06. The van der Waals surface area contributed by atoms with Crippen LogP contribution in [0, 0.1) is 11.3 Å². The van der Waals surface area contributed by atoms with E-state index < -0.39 is 11.7 Å². The van der Waals surface area contributed by atoms with Gasteiger partial charge in [0.05, 0.1) is 5.56 Å². The maximum absolute atomic E-state index is 12.8. The molecule has 21 heavy (non-hydrogen) atoms. The summed E-state index contributed by atoms with van der Waals surface area (Å²) in [7, 11) is 0. The second-order valence-corrected chi connectivity index (χ2v) is 4.43. The summed E-state index contributed by atoms with van der Waals surface area (Å²) in [6.45, 7) is 0. The molecule has 0 radical (unpaired) electrons. The lowest BCUT2D eigenvalue weighted by Gasteiger charge is -2.06. The van der Waals surface area contributed by atoms with Crippen molar-refractivity contribution in [2.45, 2.75) is 6.18 Å². The zero-order valence-electron chi connectivity index (χ0n) is 10.6. The third-order valence-electron chi connectivity index (χ3n) is 3.10. The van der Waals surface area contributed by atoms with Crippen molar-refractivity contribution >= 4 is 5.65 Å². The summed E-state index contributed by atoms with van der Waals surface area (Å²) in [6, 6.07) is 13.0. The summed E-state index contributed by atoms with van der Waals surface area (Å²) in [4.78, 5) is 4.25.